The van der Waals surface area contributed by atoms with E-state index in [4.69, 9.17) is 23.2 Å². The summed E-state index contributed by atoms with van der Waals surface area (Å²) in [7, 11) is 0. The predicted octanol–water partition coefficient (Wildman–Crippen LogP) is 5.73. The number of nitrogens with one attached hydrogen (secondary N) is 1. The fourth-order valence-electron chi connectivity index (χ4n) is 2.33. The molecule has 0 radical (unpaired) electrons. The first-order chi connectivity index (χ1) is 11.8. The van der Waals surface area contributed by atoms with Crippen molar-refractivity contribution in [2.24, 2.45) is 0 Å². The molecule has 1 N–H and O–H groups in total. The summed E-state index contributed by atoms with van der Waals surface area (Å²) in [5.74, 6) is -0.116. The summed E-state index contributed by atoms with van der Waals surface area (Å²) >= 11 is 13.5. The minimum Gasteiger partial charge on any atom is -0.324 e. The zero-order chi connectivity index (χ0) is 18.6. The van der Waals surface area contributed by atoms with Crippen molar-refractivity contribution in [1.82, 2.24) is 9.55 Å². The van der Waals surface area contributed by atoms with E-state index in [0.717, 1.165) is 35.9 Å². The molecule has 0 aliphatic heterocycles. The monoisotopic (exact) mass is 399 g/mol. The van der Waals surface area contributed by atoms with Crippen LogP contribution in [0, 0.1) is 13.8 Å². The number of thioether (sulfide) groups is 1. The van der Waals surface area contributed by atoms with Crippen LogP contribution < -0.4 is 5.32 Å². The fourth-order valence-corrected chi connectivity index (χ4v) is 3.81. The highest BCUT2D eigenvalue weighted by Crippen LogP contribution is 2.29. The quantitative estimate of drug-likeness (QED) is 0.604. The molecule has 7 heteroatoms. The number of hydrogen-bond donors (Lipinski definition) is 1. The van der Waals surface area contributed by atoms with Crippen molar-refractivity contribution in [2.45, 2.75) is 57.5 Å². The van der Waals surface area contributed by atoms with E-state index in [1.54, 1.807) is 18.2 Å². The number of aryl methyl sites for hydroxylation is 1. The van der Waals surface area contributed by atoms with Crippen molar-refractivity contribution >= 4 is 46.6 Å². The van der Waals surface area contributed by atoms with Gasteiger partial charge < -0.3 is 9.88 Å². The zero-order valence-corrected chi connectivity index (χ0v) is 17.2. The number of amides is 1. The highest BCUT2D eigenvalue weighted by molar-refractivity contribution is 8.00. The Labute approximate surface area is 163 Å². The lowest BCUT2D eigenvalue weighted by molar-refractivity contribution is -0.115. The number of hydrogen-bond acceptors (Lipinski definition) is 3. The molecule has 0 bridgehead atoms. The standard InChI is InChI=1S/C18H23Cl2N3OS/c1-5-6-9-23-12(3)11(2)21-18(23)25-13(4)17(24)22-16-8-7-14(19)10-15(16)20/h7-8,10,13H,5-6,9H2,1-4H3,(H,22,24). The first-order valence-corrected chi connectivity index (χ1v) is 9.93. The summed E-state index contributed by atoms with van der Waals surface area (Å²) in [5.41, 5.74) is 2.72. The van der Waals surface area contributed by atoms with Gasteiger partial charge in [-0.2, -0.15) is 0 Å². The van der Waals surface area contributed by atoms with Crippen LogP contribution in [0.2, 0.25) is 10.0 Å². The van der Waals surface area contributed by atoms with Gasteiger partial charge in [-0.05, 0) is 45.4 Å². The second-order valence-electron chi connectivity index (χ2n) is 5.94. The number of carbonyl (C=O) groups excluding carboxylic acids is 1. The van der Waals surface area contributed by atoms with Crippen molar-refractivity contribution in [3.8, 4) is 0 Å². The van der Waals surface area contributed by atoms with Gasteiger partial charge in [0.25, 0.3) is 0 Å². The smallest absolute Gasteiger partial charge is 0.237 e. The lowest BCUT2D eigenvalue weighted by Crippen LogP contribution is -2.23. The first-order valence-electron chi connectivity index (χ1n) is 8.29. The maximum absolute atomic E-state index is 12.5. The summed E-state index contributed by atoms with van der Waals surface area (Å²) in [6.45, 7) is 9.02. The third-order valence-electron chi connectivity index (χ3n) is 4.00. The molecule has 2 aromatic rings. The average Bonchev–Trinajstić information content (AvgIpc) is 2.82. The van der Waals surface area contributed by atoms with E-state index in [1.807, 2.05) is 13.8 Å². The van der Waals surface area contributed by atoms with Gasteiger partial charge in [-0.3, -0.25) is 4.79 Å². The number of halogens is 2. The SMILES string of the molecule is CCCCn1c(SC(C)C(=O)Nc2ccc(Cl)cc2Cl)nc(C)c1C. The zero-order valence-electron chi connectivity index (χ0n) is 14.9. The summed E-state index contributed by atoms with van der Waals surface area (Å²) in [4.78, 5) is 17.1. The van der Waals surface area contributed by atoms with Crippen LogP contribution in [-0.4, -0.2) is 20.7 Å². The van der Waals surface area contributed by atoms with Gasteiger partial charge in [0.2, 0.25) is 5.91 Å². The molecule has 1 unspecified atom stereocenters. The van der Waals surface area contributed by atoms with Crippen molar-refractivity contribution < 1.29 is 4.79 Å². The molecule has 2 rings (SSSR count). The second kappa shape index (κ2) is 8.97. The topological polar surface area (TPSA) is 46.9 Å². The molecule has 1 heterocycles. The van der Waals surface area contributed by atoms with Crippen LogP contribution >= 0.6 is 35.0 Å². The number of nitrogens with zero attached hydrogens (tertiary/aromatic N) is 2. The molecule has 0 fully saturated rings. The molecule has 1 amide bonds. The molecule has 0 saturated heterocycles. The van der Waals surface area contributed by atoms with Crippen LogP contribution in [0.15, 0.2) is 23.4 Å². The Morgan fingerprint density at radius 3 is 2.72 bits per heavy atom. The van der Waals surface area contributed by atoms with Crippen LogP contribution in [-0.2, 0) is 11.3 Å². The van der Waals surface area contributed by atoms with Gasteiger partial charge in [-0.1, -0.05) is 48.3 Å². The summed E-state index contributed by atoms with van der Waals surface area (Å²) in [6, 6.07) is 5.02. The second-order valence-corrected chi connectivity index (χ2v) is 8.10. The Hall–Kier alpha value is -1.17. The molecule has 0 aliphatic rings. The summed E-state index contributed by atoms with van der Waals surface area (Å²) in [5, 5.41) is 4.40. The summed E-state index contributed by atoms with van der Waals surface area (Å²) < 4.78 is 2.20. The number of imidazole rings is 1. The van der Waals surface area contributed by atoms with Gasteiger partial charge in [0.1, 0.15) is 0 Å². The maximum Gasteiger partial charge on any atom is 0.237 e. The molecule has 25 heavy (non-hydrogen) atoms. The average molecular weight is 400 g/mol. The van der Waals surface area contributed by atoms with Gasteiger partial charge in [-0.25, -0.2) is 4.98 Å². The number of anilines is 1. The third kappa shape index (κ3) is 5.16. The molecule has 136 valence electrons. The fraction of sp³-hybridized carbons (Fsp3) is 0.444. The van der Waals surface area contributed by atoms with E-state index in [1.165, 1.54) is 11.8 Å². The van der Waals surface area contributed by atoms with Crippen LogP contribution in [0.3, 0.4) is 0 Å². The van der Waals surface area contributed by atoms with Gasteiger partial charge >= 0.3 is 0 Å². The van der Waals surface area contributed by atoms with Gasteiger partial charge in [0, 0.05) is 17.3 Å². The van der Waals surface area contributed by atoms with Crippen LogP contribution in [0.25, 0.3) is 0 Å². The van der Waals surface area contributed by atoms with Crippen LogP contribution in [0.5, 0.6) is 0 Å². The number of aromatic nitrogens is 2. The lowest BCUT2D eigenvalue weighted by atomic mass is 10.3. The minimum atomic E-state index is -0.298. The van der Waals surface area contributed by atoms with Crippen molar-refractivity contribution in [3.63, 3.8) is 0 Å². The van der Waals surface area contributed by atoms with E-state index >= 15 is 0 Å². The first kappa shape index (κ1) is 20.1. The Kier molecular flexibility index (Phi) is 7.23. The van der Waals surface area contributed by atoms with Crippen LogP contribution in [0.1, 0.15) is 38.1 Å². The largest absolute Gasteiger partial charge is 0.324 e. The van der Waals surface area contributed by atoms with E-state index < -0.39 is 0 Å². The lowest BCUT2D eigenvalue weighted by Gasteiger charge is -2.14. The van der Waals surface area contributed by atoms with Crippen LogP contribution in [0.4, 0.5) is 5.69 Å². The van der Waals surface area contributed by atoms with E-state index in [2.05, 4.69) is 28.7 Å². The minimum absolute atomic E-state index is 0.116. The Balaban J connectivity index is 2.09. The van der Waals surface area contributed by atoms with Crippen molar-refractivity contribution in [3.05, 3.63) is 39.6 Å². The molecule has 4 nitrogen and oxygen atoms in total. The van der Waals surface area contributed by atoms with Gasteiger partial charge in [-0.15, -0.1) is 0 Å². The Morgan fingerprint density at radius 1 is 1.36 bits per heavy atom. The molecular weight excluding hydrogens is 377 g/mol. The maximum atomic E-state index is 12.5. The number of carbonyl (C=O) groups is 1. The highest BCUT2D eigenvalue weighted by atomic mass is 35.5. The molecule has 1 aromatic heterocycles. The molecule has 1 atom stereocenters. The predicted molar refractivity (Wildman–Crippen MR) is 107 cm³/mol. The highest BCUT2D eigenvalue weighted by Gasteiger charge is 2.20. The van der Waals surface area contributed by atoms with Gasteiger partial charge in [0.15, 0.2) is 5.16 Å². The molecule has 0 spiro atoms. The van der Waals surface area contributed by atoms with E-state index in [0.29, 0.717) is 15.7 Å². The summed E-state index contributed by atoms with van der Waals surface area (Å²) in [6.07, 6.45) is 2.21. The Bertz CT molecular complexity index is 761. The van der Waals surface area contributed by atoms with E-state index in [-0.39, 0.29) is 11.2 Å². The number of benzene rings is 1. The van der Waals surface area contributed by atoms with Crippen molar-refractivity contribution in [2.75, 3.05) is 5.32 Å². The van der Waals surface area contributed by atoms with Crippen molar-refractivity contribution in [1.29, 1.82) is 0 Å². The molecule has 1 aromatic carbocycles. The van der Waals surface area contributed by atoms with E-state index in [9.17, 15) is 4.79 Å². The molecule has 0 aliphatic carbocycles. The number of rotatable bonds is 7. The van der Waals surface area contributed by atoms with Gasteiger partial charge in [0.05, 0.1) is 21.7 Å². The number of unbranched alkanes of at least 4 members (excludes halogenated alkanes) is 1. The normalized spacial score (nSPS) is 12.2. The molecule has 0 saturated carbocycles. The molecular formula is C18H23Cl2N3OS. The third-order valence-corrected chi connectivity index (χ3v) is 5.64. The Morgan fingerprint density at radius 2 is 2.08 bits per heavy atom.